The van der Waals surface area contributed by atoms with Crippen molar-refractivity contribution in [3.8, 4) is 0 Å². The molecule has 0 saturated carbocycles. The molecule has 48 heavy (non-hydrogen) atoms. The number of carbonyl (C=O) groups excluding carboxylic acids is 1. The minimum atomic E-state index is -0.134. The number of ether oxygens (including phenoxy) is 11. The van der Waals surface area contributed by atoms with Crippen molar-refractivity contribution >= 4 is 5.97 Å². The summed E-state index contributed by atoms with van der Waals surface area (Å²) in [5, 5.41) is 0. The van der Waals surface area contributed by atoms with E-state index in [4.69, 9.17) is 52.1 Å². The Morgan fingerprint density at radius 1 is 0.292 bits per heavy atom. The third-order valence-corrected chi connectivity index (χ3v) is 6.97. The van der Waals surface area contributed by atoms with Crippen LogP contribution in [0, 0.1) is 0 Å². The first-order valence-corrected chi connectivity index (χ1v) is 18.7. The molecule has 0 unspecified atom stereocenters. The first kappa shape index (κ1) is 47.1. The summed E-state index contributed by atoms with van der Waals surface area (Å²) in [7, 11) is 0. The monoisotopic (exact) mass is 697 g/mol. The minimum Gasteiger partial charge on any atom is -0.463 e. The van der Waals surface area contributed by atoms with Crippen molar-refractivity contribution in [2.75, 3.05) is 139 Å². The Morgan fingerprint density at radius 3 is 0.854 bits per heavy atom. The van der Waals surface area contributed by atoms with Gasteiger partial charge < -0.3 is 52.1 Å². The summed E-state index contributed by atoms with van der Waals surface area (Å²) in [6.45, 7) is 15.3. The predicted molar refractivity (Wildman–Crippen MR) is 186 cm³/mol. The van der Waals surface area contributed by atoms with E-state index in [-0.39, 0.29) is 5.97 Å². The summed E-state index contributed by atoms with van der Waals surface area (Å²) in [6, 6.07) is 0. The van der Waals surface area contributed by atoms with Gasteiger partial charge in [-0.1, -0.05) is 71.6 Å². The SMILES string of the molecule is CCCCCCCCCCCC(=O)OCCOCCOCCOCCOCCOCCOCCOCCOCCOCCOCCCC. The second-order valence-electron chi connectivity index (χ2n) is 11.3. The lowest BCUT2D eigenvalue weighted by Gasteiger charge is -2.09. The van der Waals surface area contributed by atoms with Gasteiger partial charge >= 0.3 is 5.97 Å². The molecule has 0 aromatic heterocycles. The molecule has 0 fully saturated rings. The molecule has 288 valence electrons. The lowest BCUT2D eigenvalue weighted by Crippen LogP contribution is -2.15. The van der Waals surface area contributed by atoms with Crippen LogP contribution in [0.15, 0.2) is 0 Å². The molecule has 0 saturated heterocycles. The summed E-state index contributed by atoms with van der Waals surface area (Å²) in [4.78, 5) is 11.8. The van der Waals surface area contributed by atoms with Crippen LogP contribution in [0.5, 0.6) is 0 Å². The van der Waals surface area contributed by atoms with E-state index >= 15 is 0 Å². The van der Waals surface area contributed by atoms with Crippen molar-refractivity contribution in [2.24, 2.45) is 0 Å². The van der Waals surface area contributed by atoms with Gasteiger partial charge in [0, 0.05) is 13.0 Å². The summed E-state index contributed by atoms with van der Waals surface area (Å²) in [6.07, 6.45) is 13.9. The smallest absolute Gasteiger partial charge is 0.305 e. The minimum absolute atomic E-state index is 0.134. The number of carbonyl (C=O) groups is 1. The summed E-state index contributed by atoms with van der Waals surface area (Å²) in [5.41, 5.74) is 0. The highest BCUT2D eigenvalue weighted by molar-refractivity contribution is 5.69. The maximum atomic E-state index is 11.8. The molecular formula is C36H72O12. The Hall–Kier alpha value is -0.930. The van der Waals surface area contributed by atoms with Crippen LogP contribution >= 0.6 is 0 Å². The largest absolute Gasteiger partial charge is 0.463 e. The Labute approximate surface area is 292 Å². The molecule has 0 amide bonds. The van der Waals surface area contributed by atoms with Crippen LogP contribution in [-0.4, -0.2) is 145 Å². The molecule has 0 aliphatic heterocycles. The van der Waals surface area contributed by atoms with Gasteiger partial charge in [-0.15, -0.1) is 0 Å². The first-order chi connectivity index (χ1) is 23.8. The molecule has 0 rings (SSSR count). The van der Waals surface area contributed by atoms with Crippen LogP contribution in [0.25, 0.3) is 0 Å². The fourth-order valence-corrected chi connectivity index (χ4v) is 4.19. The molecule has 0 aliphatic rings. The van der Waals surface area contributed by atoms with Gasteiger partial charge in [0.1, 0.15) is 6.61 Å². The van der Waals surface area contributed by atoms with Crippen molar-refractivity contribution < 1.29 is 56.9 Å². The maximum absolute atomic E-state index is 11.8. The summed E-state index contributed by atoms with van der Waals surface area (Å²) >= 11 is 0. The maximum Gasteiger partial charge on any atom is 0.305 e. The average Bonchev–Trinajstić information content (AvgIpc) is 3.09. The van der Waals surface area contributed by atoms with Crippen molar-refractivity contribution in [1.82, 2.24) is 0 Å². The number of rotatable bonds is 43. The highest BCUT2D eigenvalue weighted by atomic mass is 16.6. The van der Waals surface area contributed by atoms with E-state index in [1.165, 1.54) is 44.9 Å². The second kappa shape index (κ2) is 44.1. The van der Waals surface area contributed by atoms with E-state index in [2.05, 4.69) is 13.8 Å². The number of esters is 1. The Kier molecular flexibility index (Phi) is 43.2. The van der Waals surface area contributed by atoms with Crippen LogP contribution in [0.2, 0.25) is 0 Å². The van der Waals surface area contributed by atoms with Crippen molar-refractivity contribution in [2.45, 2.75) is 90.9 Å². The van der Waals surface area contributed by atoms with Crippen LogP contribution in [0.4, 0.5) is 0 Å². The van der Waals surface area contributed by atoms with E-state index in [1.54, 1.807) is 0 Å². The third-order valence-electron chi connectivity index (χ3n) is 6.97. The Balaban J connectivity index is 3.10. The zero-order chi connectivity index (χ0) is 34.7. The van der Waals surface area contributed by atoms with E-state index in [0.717, 1.165) is 32.3 Å². The number of unbranched alkanes of at least 4 members (excludes halogenated alkanes) is 9. The van der Waals surface area contributed by atoms with Gasteiger partial charge in [-0.05, 0) is 12.8 Å². The van der Waals surface area contributed by atoms with E-state index < -0.39 is 0 Å². The fraction of sp³-hybridized carbons (Fsp3) is 0.972. The lowest BCUT2D eigenvalue weighted by molar-refractivity contribution is -0.145. The third kappa shape index (κ3) is 43.1. The van der Waals surface area contributed by atoms with E-state index in [0.29, 0.717) is 139 Å². The molecule has 0 heterocycles. The molecule has 0 aromatic rings. The fourth-order valence-electron chi connectivity index (χ4n) is 4.19. The average molecular weight is 697 g/mol. The first-order valence-electron chi connectivity index (χ1n) is 18.7. The van der Waals surface area contributed by atoms with Gasteiger partial charge in [0.15, 0.2) is 0 Å². The number of hydrogen-bond donors (Lipinski definition) is 0. The van der Waals surface area contributed by atoms with Crippen molar-refractivity contribution in [1.29, 1.82) is 0 Å². The molecule has 0 spiro atoms. The molecule has 12 nitrogen and oxygen atoms in total. The van der Waals surface area contributed by atoms with Crippen LogP contribution in [-0.2, 0) is 56.9 Å². The van der Waals surface area contributed by atoms with Gasteiger partial charge in [-0.2, -0.15) is 0 Å². The number of hydrogen-bond acceptors (Lipinski definition) is 12. The van der Waals surface area contributed by atoms with Crippen LogP contribution < -0.4 is 0 Å². The van der Waals surface area contributed by atoms with E-state index in [1.807, 2.05) is 0 Å². The lowest BCUT2D eigenvalue weighted by atomic mass is 10.1. The standard InChI is InChI=1S/C36H72O12/c1-3-5-7-8-9-10-11-12-13-14-36(37)48-35-34-47-33-32-46-31-30-45-29-28-44-27-26-43-25-24-42-23-22-41-21-20-40-19-18-39-17-16-38-15-6-4-2/h3-35H2,1-2H3. The van der Waals surface area contributed by atoms with Gasteiger partial charge in [-0.25, -0.2) is 0 Å². The highest BCUT2D eigenvalue weighted by Crippen LogP contribution is 2.10. The molecule has 12 heteroatoms. The van der Waals surface area contributed by atoms with Crippen LogP contribution in [0.3, 0.4) is 0 Å². The second-order valence-corrected chi connectivity index (χ2v) is 11.3. The predicted octanol–water partition coefficient (Wildman–Crippen LogP) is 5.42. The van der Waals surface area contributed by atoms with Gasteiger partial charge in [0.25, 0.3) is 0 Å². The van der Waals surface area contributed by atoms with E-state index in [9.17, 15) is 4.79 Å². The Bertz CT molecular complexity index is 599. The van der Waals surface area contributed by atoms with Gasteiger partial charge in [0.05, 0.1) is 126 Å². The zero-order valence-electron chi connectivity index (χ0n) is 30.7. The molecule has 0 bridgehead atoms. The normalized spacial score (nSPS) is 11.5. The topological polar surface area (TPSA) is 119 Å². The molecule has 0 atom stereocenters. The quantitative estimate of drug-likeness (QED) is 0.0599. The van der Waals surface area contributed by atoms with Crippen molar-refractivity contribution in [3.05, 3.63) is 0 Å². The van der Waals surface area contributed by atoms with Gasteiger partial charge in [-0.3, -0.25) is 4.79 Å². The highest BCUT2D eigenvalue weighted by Gasteiger charge is 2.03. The van der Waals surface area contributed by atoms with Crippen molar-refractivity contribution in [3.63, 3.8) is 0 Å². The molecular weight excluding hydrogens is 624 g/mol. The molecule has 0 N–H and O–H groups in total. The zero-order valence-corrected chi connectivity index (χ0v) is 30.7. The molecule has 0 radical (unpaired) electrons. The Morgan fingerprint density at radius 2 is 0.542 bits per heavy atom. The molecule has 0 aromatic carbocycles. The van der Waals surface area contributed by atoms with Crippen LogP contribution in [0.1, 0.15) is 90.9 Å². The molecule has 0 aliphatic carbocycles. The van der Waals surface area contributed by atoms with Gasteiger partial charge in [0.2, 0.25) is 0 Å². The summed E-state index contributed by atoms with van der Waals surface area (Å²) < 4.78 is 59.9. The summed E-state index contributed by atoms with van der Waals surface area (Å²) in [5.74, 6) is -0.134.